The first-order chi connectivity index (χ1) is 5.81. The van der Waals surface area contributed by atoms with E-state index in [1.165, 1.54) is 0 Å². The largest absolute Gasteiger partial charge is 0.312 e. The maximum atomic E-state index is 5.16. The van der Waals surface area contributed by atoms with Crippen LogP contribution in [0.5, 0.6) is 0 Å². The van der Waals surface area contributed by atoms with Crippen LogP contribution in [0.2, 0.25) is 0 Å². The molecule has 0 aliphatic carbocycles. The molecule has 0 saturated carbocycles. The molecule has 0 fully saturated rings. The minimum absolute atomic E-state index is 0.170. The second-order valence-corrected chi connectivity index (χ2v) is 1.99. The van der Waals surface area contributed by atoms with Gasteiger partial charge in [-0.1, -0.05) is 20.8 Å². The van der Waals surface area contributed by atoms with Crippen LogP contribution in [0, 0.1) is 0 Å². The van der Waals surface area contributed by atoms with Crippen LogP contribution in [-0.2, 0) is 0 Å². The smallest absolute Gasteiger partial charge is 0.0856 e. The molecule has 3 heteroatoms. The predicted molar refractivity (Wildman–Crippen MR) is 57.1 cm³/mol. The van der Waals surface area contributed by atoms with Gasteiger partial charge in [-0.15, -0.1) is 0 Å². The number of rotatable bonds is 4. The zero-order valence-electron chi connectivity index (χ0n) is 8.62. The van der Waals surface area contributed by atoms with E-state index in [1.54, 1.807) is 6.21 Å². The highest BCUT2D eigenvalue weighted by Crippen LogP contribution is 1.83. The monoisotopic (exact) mass is 171 g/mol. The molecule has 1 unspecified atom stereocenters. The number of hydrogen-bond donors (Lipinski definition) is 1. The third-order valence-electron chi connectivity index (χ3n) is 0.950. The normalized spacial score (nSPS) is 13.1. The zero-order valence-corrected chi connectivity index (χ0v) is 8.62. The van der Waals surface area contributed by atoms with Crippen LogP contribution in [0.3, 0.4) is 0 Å². The van der Waals surface area contributed by atoms with Crippen LogP contribution in [0.4, 0.5) is 0 Å². The molecule has 0 heterocycles. The molecule has 2 N–H and O–H groups in total. The van der Waals surface area contributed by atoms with Gasteiger partial charge >= 0.3 is 0 Å². The van der Waals surface area contributed by atoms with Crippen molar-refractivity contribution in [1.82, 2.24) is 0 Å². The molecular weight excluding hydrogens is 150 g/mol. The number of nitrogens with two attached hydrogens (primary N) is 1. The molecule has 0 aromatic heterocycles. The Hall–Kier alpha value is -0.700. The van der Waals surface area contributed by atoms with Gasteiger partial charge < -0.3 is 5.73 Å². The molecule has 0 aliphatic heterocycles. The van der Waals surface area contributed by atoms with Crippen molar-refractivity contribution in [2.24, 2.45) is 15.7 Å². The summed E-state index contributed by atoms with van der Waals surface area (Å²) in [4.78, 5) is 8.01. The van der Waals surface area contributed by atoms with Gasteiger partial charge in [0.1, 0.15) is 0 Å². The number of aliphatic imine (C=N–C) groups is 2. The molecule has 0 rings (SSSR count). The summed E-state index contributed by atoms with van der Waals surface area (Å²) in [6.07, 6.45) is 4.61. The molecule has 12 heavy (non-hydrogen) atoms. The van der Waals surface area contributed by atoms with Gasteiger partial charge in [-0.3, -0.25) is 9.98 Å². The molecule has 0 amide bonds. The van der Waals surface area contributed by atoms with Crippen LogP contribution in [0.1, 0.15) is 34.1 Å². The van der Waals surface area contributed by atoms with Gasteiger partial charge in [0, 0.05) is 6.21 Å². The lowest BCUT2D eigenvalue weighted by atomic mass is 10.4. The highest BCUT2D eigenvalue weighted by molar-refractivity contribution is 5.68. The highest BCUT2D eigenvalue weighted by atomic mass is 14.9. The van der Waals surface area contributed by atoms with Gasteiger partial charge in [-0.05, 0) is 19.6 Å². The molecule has 0 saturated heterocycles. The first-order valence-electron chi connectivity index (χ1n) is 4.53. The Morgan fingerprint density at radius 2 is 2.00 bits per heavy atom. The van der Waals surface area contributed by atoms with Gasteiger partial charge in [0.2, 0.25) is 0 Å². The van der Waals surface area contributed by atoms with E-state index in [-0.39, 0.29) is 6.04 Å². The number of nitrogens with zero attached hydrogens (tertiary/aromatic N) is 2. The molecular formula is C9H21N3. The van der Waals surface area contributed by atoms with Gasteiger partial charge in [-0.25, -0.2) is 0 Å². The summed E-state index contributed by atoms with van der Waals surface area (Å²) in [5.41, 5.74) is 5.16. The molecule has 1 atom stereocenters. The lowest BCUT2D eigenvalue weighted by Gasteiger charge is -1.94. The second kappa shape index (κ2) is 12.9. The fourth-order valence-corrected chi connectivity index (χ4v) is 0.524. The summed E-state index contributed by atoms with van der Waals surface area (Å²) < 4.78 is 0. The first kappa shape index (κ1) is 13.9. The van der Waals surface area contributed by atoms with E-state index in [0.29, 0.717) is 6.67 Å². The van der Waals surface area contributed by atoms with Gasteiger partial charge in [0.15, 0.2) is 0 Å². The Kier molecular flexibility index (Phi) is 14.9. The zero-order chi connectivity index (χ0) is 9.82. The van der Waals surface area contributed by atoms with E-state index in [2.05, 4.69) is 16.9 Å². The van der Waals surface area contributed by atoms with Crippen molar-refractivity contribution in [3.8, 4) is 0 Å². The summed E-state index contributed by atoms with van der Waals surface area (Å²) in [6.45, 7) is 8.38. The summed E-state index contributed by atoms with van der Waals surface area (Å²) in [5.74, 6) is 0. The van der Waals surface area contributed by atoms with Crippen molar-refractivity contribution < 1.29 is 0 Å². The fraction of sp³-hybridized carbons (Fsp3) is 0.778. The van der Waals surface area contributed by atoms with Crippen molar-refractivity contribution in [3.05, 3.63) is 0 Å². The Morgan fingerprint density at radius 1 is 1.42 bits per heavy atom. The Labute approximate surface area is 75.8 Å². The van der Waals surface area contributed by atoms with Crippen molar-refractivity contribution in [1.29, 1.82) is 0 Å². The summed E-state index contributed by atoms with van der Waals surface area (Å²) in [6, 6.07) is 0.170. The van der Waals surface area contributed by atoms with E-state index in [9.17, 15) is 0 Å². The summed E-state index contributed by atoms with van der Waals surface area (Å²) in [5, 5.41) is 0. The molecule has 72 valence electrons. The average molecular weight is 171 g/mol. The lowest BCUT2D eigenvalue weighted by molar-refractivity contribution is 0.969. The van der Waals surface area contributed by atoms with E-state index in [4.69, 9.17) is 5.73 Å². The number of hydrogen-bond acceptors (Lipinski definition) is 3. The molecule has 0 bridgehead atoms. The molecule has 0 aromatic rings. The van der Waals surface area contributed by atoms with Gasteiger partial charge in [0.05, 0.1) is 12.7 Å². The maximum absolute atomic E-state index is 5.16. The molecule has 0 radical (unpaired) electrons. The third kappa shape index (κ3) is 12.0. The van der Waals surface area contributed by atoms with Crippen LogP contribution in [-0.4, -0.2) is 25.1 Å². The van der Waals surface area contributed by atoms with Crippen LogP contribution in [0.25, 0.3) is 0 Å². The quantitative estimate of drug-likeness (QED) is 0.645. The Balaban J connectivity index is 0. The van der Waals surface area contributed by atoms with E-state index >= 15 is 0 Å². The first-order valence-corrected chi connectivity index (χ1v) is 4.53. The van der Waals surface area contributed by atoms with Crippen molar-refractivity contribution in [2.75, 3.05) is 6.67 Å². The molecule has 0 spiro atoms. The predicted octanol–water partition coefficient (Wildman–Crippen LogP) is 1.87. The average Bonchev–Trinajstić information content (AvgIpc) is 2.14. The SMILES string of the molecule is CC.CCC=NC(C)/C=N\CN. The standard InChI is InChI=1S/C7H15N3.C2H6/c1-3-4-10-7(2)5-9-6-8;1-2/h4-5,7H,3,6,8H2,1-2H3;1-2H3/b9-5-,10-4?;. The molecule has 0 aliphatic rings. The summed E-state index contributed by atoms with van der Waals surface area (Å²) in [7, 11) is 0. The minimum Gasteiger partial charge on any atom is -0.312 e. The van der Waals surface area contributed by atoms with E-state index in [0.717, 1.165) is 6.42 Å². The minimum atomic E-state index is 0.170. The van der Waals surface area contributed by atoms with Gasteiger partial charge in [-0.2, -0.15) is 0 Å². The highest BCUT2D eigenvalue weighted by Gasteiger charge is 1.87. The van der Waals surface area contributed by atoms with E-state index in [1.807, 2.05) is 27.0 Å². The van der Waals surface area contributed by atoms with Crippen LogP contribution >= 0.6 is 0 Å². The van der Waals surface area contributed by atoms with Gasteiger partial charge in [0.25, 0.3) is 0 Å². The Morgan fingerprint density at radius 3 is 2.42 bits per heavy atom. The van der Waals surface area contributed by atoms with Crippen molar-refractivity contribution in [2.45, 2.75) is 40.2 Å². The van der Waals surface area contributed by atoms with Crippen molar-refractivity contribution in [3.63, 3.8) is 0 Å². The summed E-state index contributed by atoms with van der Waals surface area (Å²) >= 11 is 0. The molecule has 0 aromatic carbocycles. The fourth-order valence-electron chi connectivity index (χ4n) is 0.524. The van der Waals surface area contributed by atoms with E-state index < -0.39 is 0 Å². The Bertz CT molecular complexity index is 105. The van der Waals surface area contributed by atoms with Crippen molar-refractivity contribution >= 4 is 12.4 Å². The van der Waals surface area contributed by atoms with Crippen LogP contribution < -0.4 is 5.73 Å². The second-order valence-electron chi connectivity index (χ2n) is 1.99. The molecule has 3 nitrogen and oxygen atoms in total. The lowest BCUT2D eigenvalue weighted by Crippen LogP contribution is -2.03. The topological polar surface area (TPSA) is 50.7 Å². The van der Waals surface area contributed by atoms with Crippen LogP contribution in [0.15, 0.2) is 9.98 Å². The third-order valence-corrected chi connectivity index (χ3v) is 0.950. The maximum Gasteiger partial charge on any atom is 0.0856 e.